The average Bonchev–Trinajstić information content (AvgIpc) is 2.64. The number of halogens is 1. The second-order valence-electron chi connectivity index (χ2n) is 7.27. The van der Waals surface area contributed by atoms with E-state index in [1.54, 1.807) is 17.6 Å². The van der Waals surface area contributed by atoms with Crippen LogP contribution in [0.15, 0.2) is 41.2 Å². The van der Waals surface area contributed by atoms with E-state index in [1.165, 1.54) is 24.3 Å². The van der Waals surface area contributed by atoms with Crippen molar-refractivity contribution in [1.29, 1.82) is 0 Å². The number of aromatic nitrogens is 1. The molecule has 0 radical (unpaired) electrons. The molecule has 2 unspecified atom stereocenters. The number of carbonyl (C=O) groups is 2. The van der Waals surface area contributed by atoms with Gasteiger partial charge in [0.25, 0.3) is 11.5 Å². The molecule has 2 aromatic rings. The minimum atomic E-state index is -0.452. The summed E-state index contributed by atoms with van der Waals surface area (Å²) < 4.78 is 14.7. The van der Waals surface area contributed by atoms with Gasteiger partial charge in [0, 0.05) is 43.7 Å². The molecule has 2 aliphatic rings. The van der Waals surface area contributed by atoms with E-state index < -0.39 is 11.7 Å². The fourth-order valence-electron chi connectivity index (χ4n) is 4.09. The van der Waals surface area contributed by atoms with Crippen LogP contribution in [0.4, 0.5) is 10.1 Å². The maximum absolute atomic E-state index is 13.0. The molecule has 7 heteroatoms. The van der Waals surface area contributed by atoms with Gasteiger partial charge in [0.1, 0.15) is 11.5 Å². The van der Waals surface area contributed by atoms with Crippen molar-refractivity contribution in [1.82, 2.24) is 9.47 Å². The fraction of sp³-hybridized carbons (Fsp3) is 0.350. The lowest BCUT2D eigenvalue weighted by atomic mass is 9.83. The van der Waals surface area contributed by atoms with E-state index in [9.17, 15) is 18.8 Å². The minimum absolute atomic E-state index is 0.0590. The van der Waals surface area contributed by atoms with Crippen LogP contribution in [-0.4, -0.2) is 34.4 Å². The Morgan fingerprint density at radius 1 is 1.07 bits per heavy atom. The first kappa shape index (κ1) is 17.5. The molecule has 0 spiro atoms. The lowest BCUT2D eigenvalue weighted by molar-refractivity contribution is -0.131. The minimum Gasteiger partial charge on any atom is -0.342 e. The number of nitrogens with one attached hydrogen (secondary N) is 1. The third-order valence-electron chi connectivity index (χ3n) is 5.40. The molecule has 0 aliphatic carbocycles. The SMILES string of the molecule is CC(=O)N1CC2CC(C1)c1ccc(NC(=O)c3ccc(F)cc3)c(=O)n1C2. The predicted octanol–water partition coefficient (Wildman–Crippen LogP) is 2.21. The number of piperidine rings is 1. The van der Waals surface area contributed by atoms with Crippen LogP contribution >= 0.6 is 0 Å². The summed E-state index contributed by atoms with van der Waals surface area (Å²) in [7, 11) is 0. The summed E-state index contributed by atoms with van der Waals surface area (Å²) in [6, 6.07) is 8.63. The number of hydrogen-bond acceptors (Lipinski definition) is 3. The molecule has 2 atom stereocenters. The van der Waals surface area contributed by atoms with E-state index in [0.29, 0.717) is 19.6 Å². The van der Waals surface area contributed by atoms with Gasteiger partial charge in [-0.05, 0) is 48.7 Å². The summed E-state index contributed by atoms with van der Waals surface area (Å²) in [6.07, 6.45) is 0.963. The molecule has 1 aromatic heterocycles. The van der Waals surface area contributed by atoms with E-state index in [1.807, 2.05) is 11.0 Å². The normalized spacial score (nSPS) is 20.7. The molecule has 2 bridgehead atoms. The Morgan fingerprint density at radius 2 is 1.81 bits per heavy atom. The van der Waals surface area contributed by atoms with Gasteiger partial charge in [0.15, 0.2) is 0 Å². The smallest absolute Gasteiger partial charge is 0.274 e. The first-order valence-electron chi connectivity index (χ1n) is 8.98. The molecule has 140 valence electrons. The van der Waals surface area contributed by atoms with Gasteiger partial charge in [-0.3, -0.25) is 14.4 Å². The van der Waals surface area contributed by atoms with Crippen LogP contribution in [0, 0.1) is 11.7 Å². The fourth-order valence-corrected chi connectivity index (χ4v) is 4.09. The van der Waals surface area contributed by atoms with E-state index >= 15 is 0 Å². The topological polar surface area (TPSA) is 71.4 Å². The highest BCUT2D eigenvalue weighted by Gasteiger charge is 2.35. The molecule has 1 saturated heterocycles. The highest BCUT2D eigenvalue weighted by molar-refractivity contribution is 6.04. The van der Waals surface area contributed by atoms with Crippen LogP contribution in [0.5, 0.6) is 0 Å². The van der Waals surface area contributed by atoms with E-state index in [0.717, 1.165) is 12.1 Å². The van der Waals surface area contributed by atoms with Gasteiger partial charge >= 0.3 is 0 Å². The third-order valence-corrected chi connectivity index (χ3v) is 5.40. The number of amides is 2. The Hall–Kier alpha value is -2.96. The summed E-state index contributed by atoms with van der Waals surface area (Å²) in [4.78, 5) is 38.8. The van der Waals surface area contributed by atoms with E-state index in [2.05, 4.69) is 5.32 Å². The van der Waals surface area contributed by atoms with Crippen molar-refractivity contribution in [3.05, 3.63) is 63.8 Å². The van der Waals surface area contributed by atoms with Crippen LogP contribution in [0.2, 0.25) is 0 Å². The van der Waals surface area contributed by atoms with E-state index in [-0.39, 0.29) is 34.6 Å². The number of rotatable bonds is 2. The van der Waals surface area contributed by atoms with Crippen molar-refractivity contribution < 1.29 is 14.0 Å². The summed E-state index contributed by atoms with van der Waals surface area (Å²) in [6.45, 7) is 3.38. The van der Waals surface area contributed by atoms with Gasteiger partial charge in [-0.1, -0.05) is 0 Å². The maximum Gasteiger partial charge on any atom is 0.274 e. The molecule has 2 amide bonds. The van der Waals surface area contributed by atoms with Crippen LogP contribution in [-0.2, 0) is 11.3 Å². The maximum atomic E-state index is 13.0. The van der Waals surface area contributed by atoms with Crippen LogP contribution in [0.25, 0.3) is 0 Å². The summed E-state index contributed by atoms with van der Waals surface area (Å²) >= 11 is 0. The monoisotopic (exact) mass is 369 g/mol. The van der Waals surface area contributed by atoms with Gasteiger partial charge in [0.05, 0.1) is 0 Å². The number of hydrogen-bond donors (Lipinski definition) is 1. The van der Waals surface area contributed by atoms with Crippen molar-refractivity contribution in [3.63, 3.8) is 0 Å². The standard InChI is InChI=1S/C20H20FN3O3/c1-12(25)23-9-13-8-15(11-23)18-7-6-17(20(27)24(18)10-13)22-19(26)14-2-4-16(21)5-3-14/h2-7,13,15H,8-11H2,1H3,(H,22,26). The zero-order valence-corrected chi connectivity index (χ0v) is 14.9. The van der Waals surface area contributed by atoms with Gasteiger partial charge in [-0.15, -0.1) is 0 Å². The van der Waals surface area contributed by atoms with Crippen molar-refractivity contribution in [3.8, 4) is 0 Å². The van der Waals surface area contributed by atoms with Gasteiger partial charge in [0.2, 0.25) is 5.91 Å². The Bertz CT molecular complexity index is 967. The number of fused-ring (bicyclic) bond motifs is 4. The zero-order chi connectivity index (χ0) is 19.1. The number of nitrogens with zero attached hydrogens (tertiary/aromatic N) is 2. The largest absolute Gasteiger partial charge is 0.342 e. The Labute approximate surface area is 155 Å². The third kappa shape index (κ3) is 3.25. The molecule has 1 fully saturated rings. The number of carbonyl (C=O) groups excluding carboxylic acids is 2. The highest BCUT2D eigenvalue weighted by atomic mass is 19.1. The van der Waals surface area contributed by atoms with Gasteiger partial charge < -0.3 is 14.8 Å². The second-order valence-corrected chi connectivity index (χ2v) is 7.27. The first-order valence-corrected chi connectivity index (χ1v) is 8.98. The molecule has 6 nitrogen and oxygen atoms in total. The van der Waals surface area contributed by atoms with E-state index in [4.69, 9.17) is 0 Å². The molecular weight excluding hydrogens is 349 g/mol. The lowest BCUT2D eigenvalue weighted by Crippen LogP contribution is -2.48. The first-order chi connectivity index (χ1) is 12.9. The number of benzene rings is 1. The van der Waals surface area contributed by atoms with Crippen molar-refractivity contribution in [2.45, 2.75) is 25.8 Å². The molecule has 1 N–H and O–H groups in total. The lowest BCUT2D eigenvalue weighted by Gasteiger charge is -2.42. The molecule has 3 heterocycles. The second kappa shape index (κ2) is 6.64. The molecule has 4 rings (SSSR count). The van der Waals surface area contributed by atoms with Crippen LogP contribution in [0.3, 0.4) is 0 Å². The predicted molar refractivity (Wildman–Crippen MR) is 98.2 cm³/mol. The summed E-state index contributed by atoms with van der Waals surface area (Å²) in [5.41, 5.74) is 1.15. The zero-order valence-electron chi connectivity index (χ0n) is 14.9. The number of pyridine rings is 1. The average molecular weight is 369 g/mol. The van der Waals surface area contributed by atoms with Crippen molar-refractivity contribution >= 4 is 17.5 Å². The Balaban J connectivity index is 1.60. The molecule has 2 aliphatic heterocycles. The highest BCUT2D eigenvalue weighted by Crippen LogP contribution is 2.35. The Morgan fingerprint density at radius 3 is 2.52 bits per heavy atom. The number of anilines is 1. The molecule has 1 aromatic carbocycles. The Kier molecular flexibility index (Phi) is 4.30. The number of likely N-dealkylation sites (tertiary alicyclic amines) is 1. The summed E-state index contributed by atoms with van der Waals surface area (Å²) in [5.74, 6) is -0.446. The molecular formula is C20H20FN3O3. The molecule has 27 heavy (non-hydrogen) atoms. The van der Waals surface area contributed by atoms with Crippen molar-refractivity contribution in [2.75, 3.05) is 18.4 Å². The van der Waals surface area contributed by atoms with Gasteiger partial charge in [-0.2, -0.15) is 0 Å². The summed E-state index contributed by atoms with van der Waals surface area (Å²) in [5, 5.41) is 2.63. The molecule has 0 saturated carbocycles. The van der Waals surface area contributed by atoms with Gasteiger partial charge in [-0.25, -0.2) is 4.39 Å². The quantitative estimate of drug-likeness (QED) is 0.882. The van der Waals surface area contributed by atoms with Crippen LogP contribution in [0.1, 0.15) is 35.3 Å². The van der Waals surface area contributed by atoms with Crippen LogP contribution < -0.4 is 10.9 Å². The van der Waals surface area contributed by atoms with Crippen molar-refractivity contribution in [2.24, 2.45) is 5.92 Å².